The molecule has 0 saturated carbocycles. The second-order valence-electron chi connectivity index (χ2n) is 3.62. The van der Waals surface area contributed by atoms with Gasteiger partial charge in [-0.05, 0) is 29.8 Å². The molecule has 2 rings (SSSR count). The van der Waals surface area contributed by atoms with Gasteiger partial charge in [-0.25, -0.2) is 4.39 Å². The molecule has 88 valence electrons. The second kappa shape index (κ2) is 5.17. The van der Waals surface area contributed by atoms with E-state index in [1.165, 1.54) is 6.07 Å². The Morgan fingerprint density at radius 1 is 1.12 bits per heavy atom. The Bertz CT molecular complexity index is 491. The van der Waals surface area contributed by atoms with Gasteiger partial charge in [-0.15, -0.1) is 0 Å². The van der Waals surface area contributed by atoms with E-state index in [0.29, 0.717) is 11.6 Å². The summed E-state index contributed by atoms with van der Waals surface area (Å²) < 4.78 is 13.5. The third kappa shape index (κ3) is 2.75. The maximum absolute atomic E-state index is 13.5. The summed E-state index contributed by atoms with van der Waals surface area (Å²) in [7, 11) is 0. The average Bonchev–Trinajstić information content (AvgIpc) is 2.35. The number of halogens is 2. The maximum atomic E-state index is 13.5. The van der Waals surface area contributed by atoms with Gasteiger partial charge in [0, 0.05) is 12.2 Å². The number of rotatable bonds is 3. The first-order valence-electron chi connectivity index (χ1n) is 5.21. The Kier molecular flexibility index (Phi) is 3.61. The second-order valence-corrected chi connectivity index (χ2v) is 4.03. The lowest BCUT2D eigenvalue weighted by Crippen LogP contribution is -1.97. The average molecular weight is 251 g/mol. The SMILES string of the molecule is NCc1ccc(Nc2c(F)cccc2Cl)cc1. The molecule has 3 N–H and O–H groups in total. The van der Waals surface area contributed by atoms with Crippen molar-refractivity contribution in [3.63, 3.8) is 0 Å². The lowest BCUT2D eigenvalue weighted by Gasteiger charge is -2.09. The molecule has 0 heterocycles. The van der Waals surface area contributed by atoms with Crippen molar-refractivity contribution in [1.29, 1.82) is 0 Å². The zero-order valence-corrected chi connectivity index (χ0v) is 9.84. The van der Waals surface area contributed by atoms with Gasteiger partial charge in [-0.2, -0.15) is 0 Å². The number of nitrogens with two attached hydrogens (primary N) is 1. The first kappa shape index (κ1) is 11.9. The van der Waals surface area contributed by atoms with Gasteiger partial charge >= 0.3 is 0 Å². The molecule has 0 unspecified atom stereocenters. The van der Waals surface area contributed by atoms with Crippen molar-refractivity contribution >= 4 is 23.0 Å². The molecule has 0 aromatic heterocycles. The molecule has 0 fully saturated rings. The summed E-state index contributed by atoms with van der Waals surface area (Å²) in [5, 5.41) is 3.30. The first-order chi connectivity index (χ1) is 8.20. The number of nitrogens with one attached hydrogen (secondary N) is 1. The molecule has 0 atom stereocenters. The number of para-hydroxylation sites is 1. The molecule has 0 aliphatic rings. The highest BCUT2D eigenvalue weighted by atomic mass is 35.5. The Labute approximate surface area is 104 Å². The quantitative estimate of drug-likeness (QED) is 0.872. The van der Waals surface area contributed by atoms with Gasteiger partial charge in [0.2, 0.25) is 0 Å². The summed E-state index contributed by atoms with van der Waals surface area (Å²) >= 11 is 5.92. The van der Waals surface area contributed by atoms with E-state index < -0.39 is 0 Å². The van der Waals surface area contributed by atoms with Gasteiger partial charge in [0.25, 0.3) is 0 Å². The first-order valence-corrected chi connectivity index (χ1v) is 5.58. The standard InChI is InChI=1S/C13H12ClFN2/c14-11-2-1-3-12(15)13(11)17-10-6-4-9(8-16)5-7-10/h1-7,17H,8,16H2. The summed E-state index contributed by atoms with van der Waals surface area (Å²) in [6, 6.07) is 12.0. The molecule has 0 bridgehead atoms. The van der Waals surface area contributed by atoms with Crippen LogP contribution in [-0.4, -0.2) is 0 Å². The molecule has 2 aromatic rings. The van der Waals surface area contributed by atoms with E-state index in [4.69, 9.17) is 17.3 Å². The van der Waals surface area contributed by atoms with E-state index in [-0.39, 0.29) is 11.5 Å². The third-order valence-electron chi connectivity index (χ3n) is 2.42. The van der Waals surface area contributed by atoms with Crippen molar-refractivity contribution in [3.05, 3.63) is 58.9 Å². The van der Waals surface area contributed by atoms with Gasteiger partial charge in [-0.3, -0.25) is 0 Å². The van der Waals surface area contributed by atoms with Gasteiger partial charge in [-0.1, -0.05) is 29.8 Å². The smallest absolute Gasteiger partial charge is 0.148 e. The van der Waals surface area contributed by atoms with Crippen molar-refractivity contribution in [1.82, 2.24) is 0 Å². The van der Waals surface area contributed by atoms with Gasteiger partial charge in [0.1, 0.15) is 5.82 Å². The normalized spacial score (nSPS) is 10.3. The zero-order chi connectivity index (χ0) is 12.3. The molecular formula is C13H12ClFN2. The third-order valence-corrected chi connectivity index (χ3v) is 2.74. The highest BCUT2D eigenvalue weighted by Crippen LogP contribution is 2.28. The number of anilines is 2. The molecular weight excluding hydrogens is 239 g/mol. The van der Waals surface area contributed by atoms with Crippen LogP contribution in [0, 0.1) is 5.82 Å². The predicted molar refractivity (Wildman–Crippen MR) is 69.0 cm³/mol. The van der Waals surface area contributed by atoms with E-state index in [9.17, 15) is 4.39 Å². The van der Waals surface area contributed by atoms with E-state index in [1.807, 2.05) is 24.3 Å². The Balaban J connectivity index is 2.25. The minimum atomic E-state index is -0.375. The highest BCUT2D eigenvalue weighted by molar-refractivity contribution is 6.33. The van der Waals surface area contributed by atoms with Crippen LogP contribution in [0.4, 0.5) is 15.8 Å². The number of hydrogen-bond acceptors (Lipinski definition) is 2. The van der Waals surface area contributed by atoms with Crippen LogP contribution >= 0.6 is 11.6 Å². The topological polar surface area (TPSA) is 38.0 Å². The lowest BCUT2D eigenvalue weighted by molar-refractivity contribution is 0.632. The fourth-order valence-electron chi connectivity index (χ4n) is 1.49. The van der Waals surface area contributed by atoms with Gasteiger partial charge in [0.15, 0.2) is 0 Å². The van der Waals surface area contributed by atoms with Gasteiger partial charge < -0.3 is 11.1 Å². The van der Waals surface area contributed by atoms with Crippen LogP contribution in [0.15, 0.2) is 42.5 Å². The van der Waals surface area contributed by atoms with E-state index in [2.05, 4.69) is 5.32 Å². The van der Waals surface area contributed by atoms with Crippen LogP contribution in [0.2, 0.25) is 5.02 Å². The summed E-state index contributed by atoms with van der Waals surface area (Å²) in [6.45, 7) is 0.487. The van der Waals surface area contributed by atoms with Crippen molar-refractivity contribution < 1.29 is 4.39 Å². The largest absolute Gasteiger partial charge is 0.352 e. The summed E-state index contributed by atoms with van der Waals surface area (Å²) in [5.74, 6) is -0.375. The Morgan fingerprint density at radius 2 is 1.82 bits per heavy atom. The van der Waals surface area contributed by atoms with Gasteiger partial charge in [0.05, 0.1) is 10.7 Å². The molecule has 2 nitrogen and oxygen atoms in total. The summed E-state index contributed by atoms with van der Waals surface area (Å²) in [5.41, 5.74) is 7.58. The van der Waals surface area contributed by atoms with E-state index in [0.717, 1.165) is 11.3 Å². The van der Waals surface area contributed by atoms with Crippen LogP contribution in [0.1, 0.15) is 5.56 Å². The van der Waals surface area contributed by atoms with E-state index in [1.54, 1.807) is 12.1 Å². The zero-order valence-electron chi connectivity index (χ0n) is 9.08. The predicted octanol–water partition coefficient (Wildman–Crippen LogP) is 3.68. The van der Waals surface area contributed by atoms with Crippen molar-refractivity contribution in [2.75, 3.05) is 5.32 Å². The molecule has 0 aliphatic heterocycles. The molecule has 2 aromatic carbocycles. The molecule has 4 heteroatoms. The fraction of sp³-hybridized carbons (Fsp3) is 0.0769. The van der Waals surface area contributed by atoms with Crippen molar-refractivity contribution in [2.24, 2.45) is 5.73 Å². The van der Waals surface area contributed by atoms with Crippen molar-refractivity contribution in [2.45, 2.75) is 6.54 Å². The van der Waals surface area contributed by atoms with Crippen LogP contribution < -0.4 is 11.1 Å². The molecule has 0 amide bonds. The van der Waals surface area contributed by atoms with Crippen LogP contribution in [0.25, 0.3) is 0 Å². The van der Waals surface area contributed by atoms with E-state index >= 15 is 0 Å². The minimum absolute atomic E-state index is 0.287. The molecule has 0 aliphatic carbocycles. The van der Waals surface area contributed by atoms with Crippen LogP contribution in [-0.2, 0) is 6.54 Å². The van der Waals surface area contributed by atoms with Crippen molar-refractivity contribution in [3.8, 4) is 0 Å². The van der Waals surface area contributed by atoms with Crippen LogP contribution in [0.3, 0.4) is 0 Å². The minimum Gasteiger partial charge on any atom is -0.352 e. The fourth-order valence-corrected chi connectivity index (χ4v) is 1.70. The van der Waals surface area contributed by atoms with Crippen LogP contribution in [0.5, 0.6) is 0 Å². The Hall–Kier alpha value is -1.58. The highest BCUT2D eigenvalue weighted by Gasteiger charge is 2.06. The number of hydrogen-bond donors (Lipinski definition) is 2. The monoisotopic (exact) mass is 250 g/mol. The molecule has 0 saturated heterocycles. The summed E-state index contributed by atoms with van der Waals surface area (Å²) in [6.07, 6.45) is 0. The summed E-state index contributed by atoms with van der Waals surface area (Å²) in [4.78, 5) is 0. The Morgan fingerprint density at radius 3 is 2.41 bits per heavy atom. The molecule has 0 spiro atoms. The molecule has 17 heavy (non-hydrogen) atoms. The maximum Gasteiger partial charge on any atom is 0.148 e. The lowest BCUT2D eigenvalue weighted by atomic mass is 10.2. The molecule has 0 radical (unpaired) electrons. The number of benzene rings is 2.